The van der Waals surface area contributed by atoms with Crippen LogP contribution >= 0.6 is 0 Å². The fraction of sp³-hybridized carbons (Fsp3) is 0.533. The number of hydrogen-bond acceptors (Lipinski definition) is 1. The molecule has 3 N–H and O–H groups in total. The molecular weight excluding hydrogens is 222 g/mol. The Balaban J connectivity index is 1.90. The average Bonchev–Trinajstić information content (AvgIpc) is 2.40. The van der Waals surface area contributed by atoms with E-state index in [1.807, 2.05) is 18.2 Å². The molecule has 1 fully saturated rings. The van der Waals surface area contributed by atoms with E-state index >= 15 is 0 Å². The van der Waals surface area contributed by atoms with Crippen LogP contribution in [0.4, 0.5) is 0 Å². The SMILES string of the molecule is CC(NC(N)=NC1CCCCC1)c1ccccc1. The molecular formula is C15H23N3. The number of nitrogens with two attached hydrogens (primary N) is 1. The Morgan fingerprint density at radius 1 is 1.22 bits per heavy atom. The zero-order valence-electron chi connectivity index (χ0n) is 11.1. The van der Waals surface area contributed by atoms with Gasteiger partial charge in [-0.05, 0) is 25.3 Å². The van der Waals surface area contributed by atoms with Gasteiger partial charge in [-0.15, -0.1) is 0 Å². The molecule has 2 rings (SSSR count). The molecule has 3 nitrogen and oxygen atoms in total. The summed E-state index contributed by atoms with van der Waals surface area (Å²) in [5.74, 6) is 0.582. The molecule has 1 aliphatic rings. The van der Waals surface area contributed by atoms with Gasteiger partial charge in [-0.25, -0.2) is 0 Å². The van der Waals surface area contributed by atoms with E-state index in [4.69, 9.17) is 5.73 Å². The second-order valence-corrected chi connectivity index (χ2v) is 5.08. The molecule has 0 spiro atoms. The zero-order valence-corrected chi connectivity index (χ0v) is 11.1. The Kier molecular flexibility index (Phi) is 4.62. The van der Waals surface area contributed by atoms with E-state index in [1.165, 1.54) is 37.7 Å². The molecule has 98 valence electrons. The maximum Gasteiger partial charge on any atom is 0.189 e. The van der Waals surface area contributed by atoms with Gasteiger partial charge >= 0.3 is 0 Å². The lowest BCUT2D eigenvalue weighted by Gasteiger charge is -2.20. The largest absolute Gasteiger partial charge is 0.370 e. The molecule has 0 amide bonds. The molecule has 1 aliphatic carbocycles. The third kappa shape index (κ3) is 3.76. The van der Waals surface area contributed by atoms with Crippen LogP contribution < -0.4 is 11.1 Å². The standard InChI is InChI=1S/C15H23N3/c1-12(13-8-4-2-5-9-13)17-15(16)18-14-10-6-3-7-11-14/h2,4-5,8-9,12,14H,3,6-7,10-11H2,1H3,(H3,16,17,18). The van der Waals surface area contributed by atoms with Crippen LogP contribution in [0.15, 0.2) is 35.3 Å². The summed E-state index contributed by atoms with van der Waals surface area (Å²) >= 11 is 0. The quantitative estimate of drug-likeness (QED) is 0.635. The van der Waals surface area contributed by atoms with Crippen LogP contribution in [0.25, 0.3) is 0 Å². The summed E-state index contributed by atoms with van der Waals surface area (Å²) in [5.41, 5.74) is 7.22. The molecule has 1 unspecified atom stereocenters. The van der Waals surface area contributed by atoms with Gasteiger partial charge in [0.15, 0.2) is 5.96 Å². The van der Waals surface area contributed by atoms with E-state index in [0.29, 0.717) is 12.0 Å². The van der Waals surface area contributed by atoms with Crippen molar-refractivity contribution in [3.05, 3.63) is 35.9 Å². The van der Waals surface area contributed by atoms with E-state index in [-0.39, 0.29) is 6.04 Å². The fourth-order valence-corrected chi connectivity index (χ4v) is 2.49. The Morgan fingerprint density at radius 2 is 1.89 bits per heavy atom. The third-order valence-electron chi connectivity index (χ3n) is 3.56. The van der Waals surface area contributed by atoms with Gasteiger partial charge in [0.25, 0.3) is 0 Å². The van der Waals surface area contributed by atoms with Crippen LogP contribution in [-0.2, 0) is 0 Å². The molecule has 0 aliphatic heterocycles. The molecule has 0 bridgehead atoms. The minimum Gasteiger partial charge on any atom is -0.370 e. The highest BCUT2D eigenvalue weighted by Gasteiger charge is 2.13. The summed E-state index contributed by atoms with van der Waals surface area (Å²) in [4.78, 5) is 4.58. The molecule has 18 heavy (non-hydrogen) atoms. The minimum absolute atomic E-state index is 0.207. The first kappa shape index (κ1) is 12.9. The maximum atomic E-state index is 5.98. The summed E-state index contributed by atoms with van der Waals surface area (Å²) in [6.07, 6.45) is 6.29. The molecule has 1 atom stereocenters. The van der Waals surface area contributed by atoms with Crippen molar-refractivity contribution in [1.82, 2.24) is 5.32 Å². The van der Waals surface area contributed by atoms with Crippen molar-refractivity contribution < 1.29 is 0 Å². The number of benzene rings is 1. The first-order valence-corrected chi connectivity index (χ1v) is 6.90. The van der Waals surface area contributed by atoms with Crippen molar-refractivity contribution in [2.45, 2.75) is 51.1 Å². The van der Waals surface area contributed by atoms with Crippen LogP contribution in [0.2, 0.25) is 0 Å². The Bertz CT molecular complexity index is 380. The summed E-state index contributed by atoms with van der Waals surface area (Å²) in [5, 5.41) is 3.27. The van der Waals surface area contributed by atoms with Gasteiger partial charge in [0.1, 0.15) is 0 Å². The molecule has 1 saturated carbocycles. The monoisotopic (exact) mass is 245 g/mol. The summed E-state index contributed by atoms with van der Waals surface area (Å²) in [7, 11) is 0. The van der Waals surface area contributed by atoms with Crippen molar-refractivity contribution in [3.8, 4) is 0 Å². The second kappa shape index (κ2) is 6.43. The topological polar surface area (TPSA) is 50.4 Å². The number of hydrogen-bond donors (Lipinski definition) is 2. The van der Waals surface area contributed by atoms with Crippen molar-refractivity contribution in [3.63, 3.8) is 0 Å². The van der Waals surface area contributed by atoms with E-state index in [2.05, 4.69) is 29.4 Å². The predicted molar refractivity (Wildman–Crippen MR) is 76.5 cm³/mol. The van der Waals surface area contributed by atoms with Gasteiger partial charge < -0.3 is 11.1 Å². The lowest BCUT2D eigenvalue weighted by Crippen LogP contribution is -2.35. The zero-order chi connectivity index (χ0) is 12.8. The van der Waals surface area contributed by atoms with Crippen LogP contribution in [0.5, 0.6) is 0 Å². The fourth-order valence-electron chi connectivity index (χ4n) is 2.49. The van der Waals surface area contributed by atoms with E-state index in [1.54, 1.807) is 0 Å². The van der Waals surface area contributed by atoms with Crippen LogP contribution in [0, 0.1) is 0 Å². The summed E-state index contributed by atoms with van der Waals surface area (Å²) < 4.78 is 0. The van der Waals surface area contributed by atoms with E-state index < -0.39 is 0 Å². The van der Waals surface area contributed by atoms with Gasteiger partial charge in [0, 0.05) is 0 Å². The third-order valence-corrected chi connectivity index (χ3v) is 3.56. The van der Waals surface area contributed by atoms with Gasteiger partial charge in [-0.2, -0.15) is 0 Å². The van der Waals surface area contributed by atoms with Crippen molar-refractivity contribution >= 4 is 5.96 Å². The maximum absolute atomic E-state index is 5.98. The van der Waals surface area contributed by atoms with E-state index in [0.717, 1.165) is 0 Å². The van der Waals surface area contributed by atoms with Crippen LogP contribution in [0.1, 0.15) is 50.6 Å². The van der Waals surface area contributed by atoms with Gasteiger partial charge in [-0.1, -0.05) is 49.6 Å². The molecule has 0 saturated heterocycles. The highest BCUT2D eigenvalue weighted by Crippen LogP contribution is 2.20. The Hall–Kier alpha value is -1.51. The van der Waals surface area contributed by atoms with Gasteiger partial charge in [0.2, 0.25) is 0 Å². The van der Waals surface area contributed by atoms with Crippen molar-refractivity contribution in [2.24, 2.45) is 10.7 Å². The molecule has 0 heterocycles. The number of aliphatic imine (C=N–C) groups is 1. The molecule has 0 radical (unpaired) electrons. The van der Waals surface area contributed by atoms with Crippen LogP contribution in [-0.4, -0.2) is 12.0 Å². The van der Waals surface area contributed by atoms with Crippen molar-refractivity contribution in [2.75, 3.05) is 0 Å². The minimum atomic E-state index is 0.207. The highest BCUT2D eigenvalue weighted by atomic mass is 15.1. The van der Waals surface area contributed by atoms with Gasteiger partial charge in [-0.3, -0.25) is 4.99 Å². The van der Waals surface area contributed by atoms with Gasteiger partial charge in [0.05, 0.1) is 12.1 Å². The summed E-state index contributed by atoms with van der Waals surface area (Å²) in [6, 6.07) is 10.9. The lowest BCUT2D eigenvalue weighted by molar-refractivity contribution is 0.441. The Labute approximate surface area is 109 Å². The van der Waals surface area contributed by atoms with Crippen molar-refractivity contribution in [1.29, 1.82) is 0 Å². The molecule has 0 aromatic heterocycles. The number of nitrogens with zero attached hydrogens (tertiary/aromatic N) is 1. The smallest absolute Gasteiger partial charge is 0.189 e. The molecule has 3 heteroatoms. The molecule has 1 aromatic rings. The first-order valence-electron chi connectivity index (χ1n) is 6.90. The first-order chi connectivity index (χ1) is 8.75. The average molecular weight is 245 g/mol. The highest BCUT2D eigenvalue weighted by molar-refractivity contribution is 5.78. The van der Waals surface area contributed by atoms with E-state index in [9.17, 15) is 0 Å². The lowest BCUT2D eigenvalue weighted by atomic mass is 9.96. The normalized spacial score (nSPS) is 19.5. The van der Waals surface area contributed by atoms with Crippen LogP contribution in [0.3, 0.4) is 0 Å². The number of rotatable bonds is 3. The number of guanidine groups is 1. The summed E-state index contributed by atoms with van der Waals surface area (Å²) in [6.45, 7) is 2.11. The number of nitrogens with one attached hydrogen (secondary N) is 1. The second-order valence-electron chi connectivity index (χ2n) is 5.08. The Morgan fingerprint density at radius 3 is 2.56 bits per heavy atom. The molecule has 1 aromatic carbocycles. The predicted octanol–water partition coefficient (Wildman–Crippen LogP) is 2.98.